The average molecular weight is 256 g/mol. The molecule has 0 saturated carbocycles. The van der Waals surface area contributed by atoms with Crippen molar-refractivity contribution in [2.24, 2.45) is 0 Å². The highest BCUT2D eigenvalue weighted by molar-refractivity contribution is 5.94. The van der Waals surface area contributed by atoms with Crippen LogP contribution in [0.4, 0.5) is 5.69 Å². The molecule has 2 aromatic rings. The van der Waals surface area contributed by atoms with Crippen LogP contribution in [0.2, 0.25) is 0 Å². The van der Waals surface area contributed by atoms with Crippen LogP contribution >= 0.6 is 0 Å². The van der Waals surface area contributed by atoms with E-state index in [1.165, 1.54) is 0 Å². The van der Waals surface area contributed by atoms with E-state index in [-0.39, 0.29) is 5.78 Å². The van der Waals surface area contributed by atoms with E-state index in [0.717, 1.165) is 11.3 Å². The maximum Gasteiger partial charge on any atom is 0.218 e. The van der Waals surface area contributed by atoms with Gasteiger partial charge >= 0.3 is 0 Å². The van der Waals surface area contributed by atoms with Crippen molar-refractivity contribution in [1.82, 2.24) is 4.98 Å². The Bertz CT molecular complexity index is 565. The number of Topliss-reactive ketones (excluding diaryl/α,β-unsaturated/α-hetero) is 1. The largest absolute Gasteiger partial charge is 0.481 e. The van der Waals surface area contributed by atoms with Crippen molar-refractivity contribution in [3.8, 4) is 5.88 Å². The first-order valence-corrected chi connectivity index (χ1v) is 6.03. The Morgan fingerprint density at radius 2 is 2.00 bits per heavy atom. The van der Waals surface area contributed by atoms with Crippen LogP contribution in [0.3, 0.4) is 0 Å². The monoisotopic (exact) mass is 256 g/mol. The second-order valence-electron chi connectivity index (χ2n) is 4.16. The number of carbonyl (C=O) groups excluding carboxylic acids is 1. The third-order valence-electron chi connectivity index (χ3n) is 2.82. The SMILES string of the molecule is COc1ncccc1CNc1ccc(C(C)=O)cc1. The molecule has 0 aliphatic rings. The molecule has 0 amide bonds. The second kappa shape index (κ2) is 6.00. The number of nitrogens with one attached hydrogen (secondary N) is 1. The Labute approximate surface area is 112 Å². The molecule has 2 rings (SSSR count). The summed E-state index contributed by atoms with van der Waals surface area (Å²) in [5.74, 6) is 0.691. The lowest BCUT2D eigenvalue weighted by molar-refractivity contribution is 0.101. The molecule has 0 bridgehead atoms. The molecular weight excluding hydrogens is 240 g/mol. The quantitative estimate of drug-likeness (QED) is 0.836. The minimum absolute atomic E-state index is 0.0699. The Hall–Kier alpha value is -2.36. The number of ether oxygens (including phenoxy) is 1. The van der Waals surface area contributed by atoms with Crippen LogP contribution in [0.5, 0.6) is 5.88 Å². The van der Waals surface area contributed by atoms with Gasteiger partial charge in [-0.1, -0.05) is 6.07 Å². The van der Waals surface area contributed by atoms with Gasteiger partial charge in [-0.25, -0.2) is 4.98 Å². The highest BCUT2D eigenvalue weighted by atomic mass is 16.5. The van der Waals surface area contributed by atoms with Crippen molar-refractivity contribution >= 4 is 11.5 Å². The van der Waals surface area contributed by atoms with Gasteiger partial charge < -0.3 is 10.1 Å². The van der Waals surface area contributed by atoms with Crippen LogP contribution < -0.4 is 10.1 Å². The van der Waals surface area contributed by atoms with Gasteiger partial charge in [-0.15, -0.1) is 0 Å². The second-order valence-corrected chi connectivity index (χ2v) is 4.16. The van der Waals surface area contributed by atoms with Gasteiger partial charge in [0.2, 0.25) is 5.88 Å². The van der Waals surface area contributed by atoms with Crippen LogP contribution in [-0.4, -0.2) is 17.9 Å². The number of methoxy groups -OCH3 is 1. The highest BCUT2D eigenvalue weighted by Crippen LogP contribution is 2.16. The molecule has 0 aliphatic carbocycles. The minimum Gasteiger partial charge on any atom is -0.481 e. The third-order valence-corrected chi connectivity index (χ3v) is 2.82. The molecule has 1 N–H and O–H groups in total. The van der Waals surface area contributed by atoms with Gasteiger partial charge in [-0.2, -0.15) is 0 Å². The van der Waals surface area contributed by atoms with Crippen LogP contribution in [0.1, 0.15) is 22.8 Å². The van der Waals surface area contributed by atoms with E-state index in [0.29, 0.717) is 18.0 Å². The first-order valence-electron chi connectivity index (χ1n) is 6.03. The summed E-state index contributed by atoms with van der Waals surface area (Å²) in [5, 5.41) is 3.27. The number of hydrogen-bond donors (Lipinski definition) is 1. The molecule has 1 aromatic carbocycles. The molecule has 98 valence electrons. The summed E-state index contributed by atoms with van der Waals surface area (Å²) in [5.41, 5.74) is 2.65. The van der Waals surface area contributed by atoms with Gasteiger partial charge in [0.1, 0.15) is 0 Å². The summed E-state index contributed by atoms with van der Waals surface area (Å²) in [4.78, 5) is 15.3. The van der Waals surface area contributed by atoms with Crippen LogP contribution in [0.25, 0.3) is 0 Å². The van der Waals surface area contributed by atoms with Gasteiger partial charge in [0.15, 0.2) is 5.78 Å². The molecule has 0 unspecified atom stereocenters. The van der Waals surface area contributed by atoms with E-state index in [2.05, 4.69) is 10.3 Å². The molecule has 0 radical (unpaired) electrons. The number of pyridine rings is 1. The van der Waals surface area contributed by atoms with Gasteiger partial charge in [0.05, 0.1) is 7.11 Å². The number of carbonyl (C=O) groups is 1. The van der Waals surface area contributed by atoms with E-state index in [9.17, 15) is 4.79 Å². The Kier molecular flexibility index (Phi) is 4.13. The maximum atomic E-state index is 11.2. The number of rotatable bonds is 5. The third kappa shape index (κ3) is 3.31. The molecule has 0 aliphatic heterocycles. The van der Waals surface area contributed by atoms with Gasteiger partial charge in [-0.05, 0) is 37.3 Å². The van der Waals surface area contributed by atoms with Crippen molar-refractivity contribution in [3.63, 3.8) is 0 Å². The van der Waals surface area contributed by atoms with E-state index in [1.807, 2.05) is 36.4 Å². The predicted molar refractivity (Wildman–Crippen MR) is 74.6 cm³/mol. The Balaban J connectivity index is 2.04. The molecule has 19 heavy (non-hydrogen) atoms. The summed E-state index contributed by atoms with van der Waals surface area (Å²) in [6.45, 7) is 2.18. The smallest absolute Gasteiger partial charge is 0.218 e. The van der Waals surface area contributed by atoms with E-state index in [1.54, 1.807) is 20.2 Å². The number of aromatic nitrogens is 1. The minimum atomic E-state index is 0.0699. The fourth-order valence-electron chi connectivity index (χ4n) is 1.76. The summed E-state index contributed by atoms with van der Waals surface area (Å²) in [6.07, 6.45) is 1.70. The lowest BCUT2D eigenvalue weighted by atomic mass is 10.1. The zero-order valence-corrected chi connectivity index (χ0v) is 11.0. The predicted octanol–water partition coefficient (Wildman–Crippen LogP) is 2.90. The van der Waals surface area contributed by atoms with E-state index < -0.39 is 0 Å². The number of benzene rings is 1. The fraction of sp³-hybridized carbons (Fsp3) is 0.200. The zero-order chi connectivity index (χ0) is 13.7. The van der Waals surface area contributed by atoms with Gasteiger partial charge in [0, 0.05) is 29.6 Å². The zero-order valence-electron chi connectivity index (χ0n) is 11.0. The van der Waals surface area contributed by atoms with Crippen molar-refractivity contribution in [3.05, 3.63) is 53.7 Å². The first-order chi connectivity index (χ1) is 9.20. The molecule has 0 spiro atoms. The lowest BCUT2D eigenvalue weighted by Crippen LogP contribution is -2.03. The topological polar surface area (TPSA) is 51.2 Å². The summed E-state index contributed by atoms with van der Waals surface area (Å²) >= 11 is 0. The average Bonchev–Trinajstić information content (AvgIpc) is 2.45. The van der Waals surface area contributed by atoms with Crippen molar-refractivity contribution in [1.29, 1.82) is 0 Å². The molecule has 4 heteroatoms. The van der Waals surface area contributed by atoms with Crippen LogP contribution in [0.15, 0.2) is 42.6 Å². The fourth-order valence-corrected chi connectivity index (χ4v) is 1.76. The normalized spacial score (nSPS) is 10.0. The van der Waals surface area contributed by atoms with Crippen LogP contribution in [-0.2, 0) is 6.54 Å². The van der Waals surface area contributed by atoms with E-state index >= 15 is 0 Å². The summed E-state index contributed by atoms with van der Waals surface area (Å²) in [7, 11) is 1.60. The summed E-state index contributed by atoms with van der Waals surface area (Å²) in [6, 6.07) is 11.2. The van der Waals surface area contributed by atoms with Gasteiger partial charge in [-0.3, -0.25) is 4.79 Å². The standard InChI is InChI=1S/C15H16N2O2/c1-11(18)12-5-7-14(8-6-12)17-10-13-4-3-9-16-15(13)19-2/h3-9,17H,10H2,1-2H3. The van der Waals surface area contributed by atoms with Crippen LogP contribution in [0, 0.1) is 0 Å². The molecule has 0 fully saturated rings. The number of hydrogen-bond acceptors (Lipinski definition) is 4. The highest BCUT2D eigenvalue weighted by Gasteiger charge is 2.03. The molecular formula is C15H16N2O2. The van der Waals surface area contributed by atoms with E-state index in [4.69, 9.17) is 4.74 Å². The Morgan fingerprint density at radius 3 is 2.63 bits per heavy atom. The number of anilines is 1. The number of ketones is 1. The molecule has 0 atom stereocenters. The van der Waals surface area contributed by atoms with Crippen molar-refractivity contribution < 1.29 is 9.53 Å². The lowest BCUT2D eigenvalue weighted by Gasteiger charge is -2.09. The van der Waals surface area contributed by atoms with Crippen molar-refractivity contribution in [2.75, 3.05) is 12.4 Å². The molecule has 0 saturated heterocycles. The molecule has 1 heterocycles. The Morgan fingerprint density at radius 1 is 1.26 bits per heavy atom. The maximum absolute atomic E-state index is 11.2. The number of nitrogens with zero attached hydrogens (tertiary/aromatic N) is 1. The van der Waals surface area contributed by atoms with Gasteiger partial charge in [0.25, 0.3) is 0 Å². The molecule has 1 aromatic heterocycles. The molecule has 4 nitrogen and oxygen atoms in total. The first kappa shape index (κ1) is 13.1. The summed E-state index contributed by atoms with van der Waals surface area (Å²) < 4.78 is 5.19. The van der Waals surface area contributed by atoms with Crippen molar-refractivity contribution in [2.45, 2.75) is 13.5 Å².